The first-order chi connectivity index (χ1) is 14.4. The van der Waals surface area contributed by atoms with Crippen LogP contribution in [0.2, 0.25) is 10.0 Å². The van der Waals surface area contributed by atoms with Gasteiger partial charge in [0.05, 0.1) is 20.5 Å². The Hall–Kier alpha value is -1.87. The molecule has 2 aliphatic heterocycles. The van der Waals surface area contributed by atoms with Crippen LogP contribution in [0, 0.1) is 0 Å². The summed E-state index contributed by atoms with van der Waals surface area (Å²) >= 11 is 12.2. The SMILES string of the molecule is O=C(c1cc(S(=O)(=O)N2CCCC2)ccc1Cl)N1CCN(c2ccc(Cl)cn2)CC1. The Kier molecular flexibility index (Phi) is 6.20. The summed E-state index contributed by atoms with van der Waals surface area (Å²) in [5.41, 5.74) is 0.218. The number of pyridine rings is 1. The van der Waals surface area contributed by atoms with Crippen LogP contribution in [0.4, 0.5) is 5.82 Å². The summed E-state index contributed by atoms with van der Waals surface area (Å²) in [5, 5.41) is 0.827. The zero-order chi connectivity index (χ0) is 21.3. The van der Waals surface area contributed by atoms with Crippen molar-refractivity contribution in [2.24, 2.45) is 0 Å². The minimum Gasteiger partial charge on any atom is -0.353 e. The van der Waals surface area contributed by atoms with Crippen molar-refractivity contribution in [2.75, 3.05) is 44.2 Å². The molecule has 2 aliphatic rings. The van der Waals surface area contributed by atoms with Gasteiger partial charge < -0.3 is 9.80 Å². The number of carbonyl (C=O) groups excluding carboxylic acids is 1. The van der Waals surface area contributed by atoms with Gasteiger partial charge in [-0.05, 0) is 43.2 Å². The van der Waals surface area contributed by atoms with Gasteiger partial charge in [-0.3, -0.25) is 4.79 Å². The Morgan fingerprint density at radius 1 is 0.933 bits per heavy atom. The molecule has 3 heterocycles. The zero-order valence-corrected chi connectivity index (χ0v) is 18.6. The van der Waals surface area contributed by atoms with E-state index in [1.54, 1.807) is 17.2 Å². The van der Waals surface area contributed by atoms with E-state index in [1.165, 1.54) is 22.5 Å². The van der Waals surface area contributed by atoms with E-state index >= 15 is 0 Å². The molecule has 4 rings (SSSR count). The molecular weight excluding hydrogens is 447 g/mol. The topological polar surface area (TPSA) is 73.8 Å². The summed E-state index contributed by atoms with van der Waals surface area (Å²) in [6, 6.07) is 8.00. The lowest BCUT2D eigenvalue weighted by Gasteiger charge is -2.35. The molecule has 0 bridgehead atoms. The number of benzene rings is 1. The number of nitrogens with zero attached hydrogens (tertiary/aromatic N) is 4. The number of sulfonamides is 1. The van der Waals surface area contributed by atoms with Gasteiger partial charge in [0, 0.05) is 45.5 Å². The molecule has 160 valence electrons. The second kappa shape index (κ2) is 8.70. The van der Waals surface area contributed by atoms with Crippen LogP contribution in [-0.2, 0) is 10.0 Å². The first-order valence-corrected chi connectivity index (χ1v) is 12.0. The number of rotatable bonds is 4. The molecular formula is C20H22Cl2N4O3S. The van der Waals surface area contributed by atoms with Crippen LogP contribution in [0.25, 0.3) is 0 Å². The van der Waals surface area contributed by atoms with E-state index in [1.807, 2.05) is 6.07 Å². The Labute approximate surface area is 186 Å². The predicted octanol–water partition coefficient (Wildman–Crippen LogP) is 3.14. The fraction of sp³-hybridized carbons (Fsp3) is 0.400. The number of amides is 1. The molecule has 0 radical (unpaired) electrons. The molecule has 30 heavy (non-hydrogen) atoms. The molecule has 0 N–H and O–H groups in total. The number of anilines is 1. The average Bonchev–Trinajstić information content (AvgIpc) is 3.30. The average molecular weight is 469 g/mol. The maximum absolute atomic E-state index is 13.1. The largest absolute Gasteiger partial charge is 0.353 e. The lowest BCUT2D eigenvalue weighted by Crippen LogP contribution is -2.49. The molecule has 1 aromatic heterocycles. The Balaban J connectivity index is 1.49. The summed E-state index contributed by atoms with van der Waals surface area (Å²) in [7, 11) is -3.61. The Morgan fingerprint density at radius 2 is 1.63 bits per heavy atom. The van der Waals surface area contributed by atoms with Crippen molar-refractivity contribution in [3.05, 3.63) is 52.1 Å². The van der Waals surface area contributed by atoms with Crippen molar-refractivity contribution < 1.29 is 13.2 Å². The second-order valence-electron chi connectivity index (χ2n) is 7.37. The molecule has 2 aromatic rings. The highest BCUT2D eigenvalue weighted by Gasteiger charge is 2.30. The Bertz CT molecular complexity index is 1030. The van der Waals surface area contributed by atoms with E-state index in [4.69, 9.17) is 23.2 Å². The molecule has 0 unspecified atom stereocenters. The van der Waals surface area contributed by atoms with Gasteiger partial charge in [0.25, 0.3) is 5.91 Å². The van der Waals surface area contributed by atoms with Gasteiger partial charge in [-0.15, -0.1) is 0 Å². The maximum atomic E-state index is 13.1. The first kappa shape index (κ1) is 21.4. The molecule has 2 saturated heterocycles. The van der Waals surface area contributed by atoms with Crippen LogP contribution in [0.15, 0.2) is 41.4 Å². The van der Waals surface area contributed by atoms with E-state index in [-0.39, 0.29) is 21.4 Å². The third kappa shape index (κ3) is 4.27. The molecule has 0 saturated carbocycles. The van der Waals surface area contributed by atoms with Gasteiger partial charge >= 0.3 is 0 Å². The highest BCUT2D eigenvalue weighted by Crippen LogP contribution is 2.27. The summed E-state index contributed by atoms with van der Waals surface area (Å²) in [4.78, 5) is 21.3. The minimum atomic E-state index is -3.61. The van der Waals surface area contributed by atoms with Crippen LogP contribution >= 0.6 is 23.2 Å². The molecule has 2 fully saturated rings. The summed E-state index contributed by atoms with van der Waals surface area (Å²) in [6.45, 7) is 3.22. The smallest absolute Gasteiger partial charge is 0.255 e. The maximum Gasteiger partial charge on any atom is 0.255 e. The molecule has 0 aliphatic carbocycles. The van der Waals surface area contributed by atoms with Crippen molar-refractivity contribution >= 4 is 45.0 Å². The number of carbonyl (C=O) groups is 1. The number of aromatic nitrogens is 1. The third-order valence-electron chi connectivity index (χ3n) is 5.47. The lowest BCUT2D eigenvalue weighted by atomic mass is 10.1. The van der Waals surface area contributed by atoms with Gasteiger partial charge in [-0.25, -0.2) is 13.4 Å². The van der Waals surface area contributed by atoms with E-state index in [0.717, 1.165) is 18.7 Å². The van der Waals surface area contributed by atoms with Crippen LogP contribution in [-0.4, -0.2) is 67.8 Å². The van der Waals surface area contributed by atoms with Crippen molar-refractivity contribution in [1.82, 2.24) is 14.2 Å². The summed E-state index contributed by atoms with van der Waals surface area (Å²) in [5.74, 6) is 0.547. The quantitative estimate of drug-likeness (QED) is 0.688. The highest BCUT2D eigenvalue weighted by molar-refractivity contribution is 7.89. The first-order valence-electron chi connectivity index (χ1n) is 9.82. The van der Waals surface area contributed by atoms with E-state index < -0.39 is 10.0 Å². The van der Waals surface area contributed by atoms with Gasteiger partial charge in [0.15, 0.2) is 0 Å². The summed E-state index contributed by atoms with van der Waals surface area (Å²) < 4.78 is 27.2. The number of halogens is 2. The van der Waals surface area contributed by atoms with Gasteiger partial charge in [-0.2, -0.15) is 4.31 Å². The Morgan fingerprint density at radius 3 is 2.27 bits per heavy atom. The predicted molar refractivity (Wildman–Crippen MR) is 117 cm³/mol. The standard InChI is InChI=1S/C20H22Cl2N4O3S/c21-15-3-6-19(23-14-15)24-9-11-25(12-10-24)20(27)17-13-16(4-5-18(17)22)30(28,29)26-7-1-2-8-26/h3-6,13-14H,1-2,7-12H2. The van der Waals surface area contributed by atoms with Crippen LogP contribution < -0.4 is 4.90 Å². The monoisotopic (exact) mass is 468 g/mol. The fourth-order valence-corrected chi connectivity index (χ4v) is 5.62. The molecule has 0 atom stereocenters. The zero-order valence-electron chi connectivity index (χ0n) is 16.3. The molecule has 0 spiro atoms. The van der Waals surface area contributed by atoms with Crippen LogP contribution in [0.3, 0.4) is 0 Å². The number of hydrogen-bond donors (Lipinski definition) is 0. The van der Waals surface area contributed by atoms with Crippen LogP contribution in [0.5, 0.6) is 0 Å². The molecule has 10 heteroatoms. The molecule has 1 aromatic carbocycles. The fourth-order valence-electron chi connectivity index (χ4n) is 3.77. The van der Waals surface area contributed by atoms with Crippen molar-refractivity contribution in [2.45, 2.75) is 17.7 Å². The van der Waals surface area contributed by atoms with Crippen molar-refractivity contribution in [3.63, 3.8) is 0 Å². The summed E-state index contributed by atoms with van der Waals surface area (Å²) in [6.07, 6.45) is 3.30. The van der Waals surface area contributed by atoms with Gasteiger partial charge in [0.1, 0.15) is 5.82 Å². The normalized spacial score (nSPS) is 18.1. The number of hydrogen-bond acceptors (Lipinski definition) is 5. The van der Waals surface area contributed by atoms with Crippen molar-refractivity contribution in [1.29, 1.82) is 0 Å². The van der Waals surface area contributed by atoms with Gasteiger partial charge in [-0.1, -0.05) is 23.2 Å². The van der Waals surface area contributed by atoms with Gasteiger partial charge in [0.2, 0.25) is 10.0 Å². The van der Waals surface area contributed by atoms with E-state index in [0.29, 0.717) is 44.3 Å². The second-order valence-corrected chi connectivity index (χ2v) is 10.1. The lowest BCUT2D eigenvalue weighted by molar-refractivity contribution is 0.0746. The minimum absolute atomic E-state index is 0.112. The molecule has 7 nitrogen and oxygen atoms in total. The van der Waals surface area contributed by atoms with E-state index in [2.05, 4.69) is 9.88 Å². The highest BCUT2D eigenvalue weighted by atomic mass is 35.5. The third-order valence-corrected chi connectivity index (χ3v) is 7.92. The van der Waals surface area contributed by atoms with Crippen molar-refractivity contribution in [3.8, 4) is 0 Å². The van der Waals surface area contributed by atoms with Crippen LogP contribution in [0.1, 0.15) is 23.2 Å². The number of piperazine rings is 1. The molecule has 1 amide bonds. The van der Waals surface area contributed by atoms with E-state index in [9.17, 15) is 13.2 Å².